The van der Waals surface area contributed by atoms with Crippen LogP contribution in [-0.4, -0.2) is 23.7 Å². The molecule has 0 unspecified atom stereocenters. The molecule has 0 spiro atoms. The number of aliphatic carboxylic acids is 1. The number of rotatable bonds is 5. The predicted octanol–water partition coefficient (Wildman–Crippen LogP) is 2.28. The van der Waals surface area contributed by atoms with Crippen LogP contribution in [0.4, 0.5) is 10.5 Å². The Labute approximate surface area is 113 Å². The lowest BCUT2D eigenvalue weighted by Gasteiger charge is -2.06. The topological polar surface area (TPSA) is 78.4 Å². The summed E-state index contributed by atoms with van der Waals surface area (Å²) in [6.45, 7) is 0.350. The third-order valence-corrected chi connectivity index (χ3v) is 2.67. The van der Waals surface area contributed by atoms with Crippen LogP contribution in [0.5, 0.6) is 0 Å². The number of benzene rings is 1. The molecule has 92 valence electrons. The molecule has 0 bridgehead atoms. The molecule has 0 fully saturated rings. The Morgan fingerprint density at radius 1 is 1.24 bits per heavy atom. The number of hydrogen-bond donors (Lipinski definition) is 3. The van der Waals surface area contributed by atoms with E-state index in [0.29, 0.717) is 18.7 Å². The summed E-state index contributed by atoms with van der Waals surface area (Å²) in [5, 5.41) is 13.7. The highest BCUT2D eigenvalue weighted by Crippen LogP contribution is 2.10. The molecule has 0 radical (unpaired) electrons. The minimum absolute atomic E-state index is 0.0593. The van der Waals surface area contributed by atoms with E-state index >= 15 is 0 Å². The number of anilines is 1. The van der Waals surface area contributed by atoms with Crippen LogP contribution >= 0.6 is 22.6 Å². The average Bonchev–Trinajstić information content (AvgIpc) is 2.27. The molecule has 17 heavy (non-hydrogen) atoms. The lowest BCUT2D eigenvalue weighted by molar-refractivity contribution is -0.137. The lowest BCUT2D eigenvalue weighted by atomic mass is 10.3. The van der Waals surface area contributed by atoms with E-state index in [1.165, 1.54) is 0 Å². The Morgan fingerprint density at radius 2 is 1.88 bits per heavy atom. The first-order valence-electron chi connectivity index (χ1n) is 5.10. The van der Waals surface area contributed by atoms with E-state index in [2.05, 4.69) is 33.2 Å². The predicted molar refractivity (Wildman–Crippen MR) is 73.1 cm³/mol. The molecule has 0 aliphatic rings. The molecule has 0 saturated heterocycles. The summed E-state index contributed by atoms with van der Waals surface area (Å²) in [5.41, 5.74) is 0.709. The smallest absolute Gasteiger partial charge is 0.319 e. The SMILES string of the molecule is O=C(O)CCCNC(=O)Nc1ccc(I)cc1. The summed E-state index contributed by atoms with van der Waals surface area (Å²) < 4.78 is 1.09. The maximum Gasteiger partial charge on any atom is 0.319 e. The number of halogens is 1. The molecule has 0 heterocycles. The average molecular weight is 348 g/mol. The number of carboxylic acids is 1. The summed E-state index contributed by atoms with van der Waals surface area (Å²) in [6.07, 6.45) is 0.485. The second-order valence-corrected chi connectivity index (χ2v) is 4.63. The van der Waals surface area contributed by atoms with Gasteiger partial charge in [-0.05, 0) is 53.3 Å². The quantitative estimate of drug-likeness (QED) is 0.564. The minimum atomic E-state index is -0.857. The van der Waals surface area contributed by atoms with Crippen LogP contribution in [0.1, 0.15) is 12.8 Å². The lowest BCUT2D eigenvalue weighted by Crippen LogP contribution is -2.29. The molecule has 1 aromatic carbocycles. The molecule has 0 aromatic heterocycles. The van der Waals surface area contributed by atoms with Crippen molar-refractivity contribution >= 4 is 40.3 Å². The van der Waals surface area contributed by atoms with Gasteiger partial charge in [-0.1, -0.05) is 0 Å². The highest BCUT2D eigenvalue weighted by atomic mass is 127. The van der Waals surface area contributed by atoms with Gasteiger partial charge in [0.2, 0.25) is 0 Å². The van der Waals surface area contributed by atoms with Crippen LogP contribution in [0.2, 0.25) is 0 Å². The zero-order valence-electron chi connectivity index (χ0n) is 9.07. The second-order valence-electron chi connectivity index (χ2n) is 3.39. The minimum Gasteiger partial charge on any atom is -0.481 e. The van der Waals surface area contributed by atoms with Crippen LogP contribution in [0.3, 0.4) is 0 Å². The van der Waals surface area contributed by atoms with Gasteiger partial charge in [0.15, 0.2) is 0 Å². The van der Waals surface area contributed by atoms with Crippen molar-refractivity contribution in [1.29, 1.82) is 0 Å². The molecule has 1 aromatic rings. The van der Waals surface area contributed by atoms with Gasteiger partial charge in [-0.3, -0.25) is 4.79 Å². The molecular weight excluding hydrogens is 335 g/mol. The normalized spacial score (nSPS) is 9.71. The Morgan fingerprint density at radius 3 is 2.47 bits per heavy atom. The van der Waals surface area contributed by atoms with Crippen LogP contribution in [0.15, 0.2) is 24.3 Å². The number of carboxylic acid groups (broad SMARTS) is 1. The van der Waals surface area contributed by atoms with E-state index in [9.17, 15) is 9.59 Å². The molecule has 3 N–H and O–H groups in total. The maximum atomic E-state index is 11.4. The third kappa shape index (κ3) is 6.10. The van der Waals surface area contributed by atoms with Crippen LogP contribution in [-0.2, 0) is 4.79 Å². The standard InChI is InChI=1S/C11H13IN2O3/c12-8-3-5-9(6-4-8)14-11(17)13-7-1-2-10(15)16/h3-6H,1-2,7H2,(H,15,16)(H2,13,14,17). The third-order valence-electron chi connectivity index (χ3n) is 1.96. The maximum absolute atomic E-state index is 11.4. The van der Waals surface area contributed by atoms with Crippen molar-refractivity contribution in [1.82, 2.24) is 5.32 Å². The van der Waals surface area contributed by atoms with Crippen molar-refractivity contribution in [3.63, 3.8) is 0 Å². The van der Waals surface area contributed by atoms with Crippen LogP contribution in [0, 0.1) is 3.57 Å². The molecule has 0 aliphatic heterocycles. The van der Waals surface area contributed by atoms with Crippen molar-refractivity contribution in [2.75, 3.05) is 11.9 Å². The number of carbonyl (C=O) groups is 2. The van der Waals surface area contributed by atoms with Gasteiger partial charge in [-0.25, -0.2) is 4.79 Å². The molecular formula is C11H13IN2O3. The Balaban J connectivity index is 2.25. The fraction of sp³-hybridized carbons (Fsp3) is 0.273. The van der Waals surface area contributed by atoms with Gasteiger partial charge in [-0.15, -0.1) is 0 Å². The van der Waals surface area contributed by atoms with Crippen molar-refractivity contribution in [3.05, 3.63) is 27.8 Å². The van der Waals surface area contributed by atoms with Crippen molar-refractivity contribution in [2.24, 2.45) is 0 Å². The van der Waals surface area contributed by atoms with E-state index in [1.807, 2.05) is 12.1 Å². The summed E-state index contributed by atoms with van der Waals surface area (Å²) in [5.74, 6) is -0.857. The first kappa shape index (κ1) is 13.8. The van der Waals surface area contributed by atoms with Gasteiger partial charge in [0.1, 0.15) is 0 Å². The van der Waals surface area contributed by atoms with Gasteiger partial charge in [-0.2, -0.15) is 0 Å². The molecule has 5 nitrogen and oxygen atoms in total. The summed E-state index contributed by atoms with van der Waals surface area (Å²) in [7, 11) is 0. The van der Waals surface area contributed by atoms with Gasteiger partial charge in [0, 0.05) is 22.2 Å². The number of urea groups is 1. The largest absolute Gasteiger partial charge is 0.481 e. The van der Waals surface area contributed by atoms with Crippen molar-refractivity contribution in [2.45, 2.75) is 12.8 Å². The Kier molecular flexibility index (Phi) is 5.75. The number of hydrogen-bond acceptors (Lipinski definition) is 2. The molecule has 2 amide bonds. The molecule has 1 rings (SSSR count). The highest BCUT2D eigenvalue weighted by Gasteiger charge is 2.01. The highest BCUT2D eigenvalue weighted by molar-refractivity contribution is 14.1. The van der Waals surface area contributed by atoms with Gasteiger partial charge >= 0.3 is 12.0 Å². The first-order valence-corrected chi connectivity index (χ1v) is 6.18. The second kappa shape index (κ2) is 7.10. The van der Waals surface area contributed by atoms with E-state index in [1.54, 1.807) is 12.1 Å². The van der Waals surface area contributed by atoms with Gasteiger partial charge in [0.05, 0.1) is 0 Å². The Bertz CT molecular complexity index is 392. The van der Waals surface area contributed by atoms with Crippen LogP contribution < -0.4 is 10.6 Å². The summed E-state index contributed by atoms with van der Waals surface area (Å²) in [6, 6.07) is 7.06. The van der Waals surface area contributed by atoms with Crippen molar-refractivity contribution in [3.8, 4) is 0 Å². The fourth-order valence-corrected chi connectivity index (χ4v) is 1.51. The number of amides is 2. The van der Waals surface area contributed by atoms with Crippen molar-refractivity contribution < 1.29 is 14.7 Å². The number of nitrogens with one attached hydrogen (secondary N) is 2. The zero-order chi connectivity index (χ0) is 12.7. The first-order chi connectivity index (χ1) is 8.08. The Hall–Kier alpha value is -1.31. The number of carbonyl (C=O) groups excluding carboxylic acids is 1. The van der Waals surface area contributed by atoms with Gasteiger partial charge in [0.25, 0.3) is 0 Å². The summed E-state index contributed by atoms with van der Waals surface area (Å²) >= 11 is 2.18. The fourth-order valence-electron chi connectivity index (χ4n) is 1.15. The molecule has 0 aliphatic carbocycles. The van der Waals surface area contributed by atoms with Gasteiger partial charge < -0.3 is 15.7 Å². The van der Waals surface area contributed by atoms with E-state index in [-0.39, 0.29) is 12.5 Å². The zero-order valence-corrected chi connectivity index (χ0v) is 11.2. The van der Waals surface area contributed by atoms with Crippen LogP contribution in [0.25, 0.3) is 0 Å². The van der Waals surface area contributed by atoms with E-state index in [0.717, 1.165) is 3.57 Å². The molecule has 6 heteroatoms. The van der Waals surface area contributed by atoms with E-state index < -0.39 is 5.97 Å². The van der Waals surface area contributed by atoms with E-state index in [4.69, 9.17) is 5.11 Å². The molecule has 0 saturated carbocycles. The summed E-state index contributed by atoms with van der Waals surface area (Å²) in [4.78, 5) is 21.6. The molecule has 0 atom stereocenters. The monoisotopic (exact) mass is 348 g/mol.